The van der Waals surface area contributed by atoms with Gasteiger partial charge in [0.15, 0.2) is 0 Å². The minimum Gasteiger partial charge on any atom is -0.313 e. The minimum atomic E-state index is -4.09. The predicted octanol–water partition coefficient (Wildman–Crippen LogP) is 2.79. The molecule has 0 saturated heterocycles. The van der Waals surface area contributed by atoms with E-state index in [2.05, 4.69) is 5.32 Å². The first kappa shape index (κ1) is 14.8. The molecule has 102 valence electrons. The van der Waals surface area contributed by atoms with Crippen LogP contribution < -0.4 is 5.32 Å². The van der Waals surface area contributed by atoms with Crippen LogP contribution in [0.1, 0.15) is 38.5 Å². The van der Waals surface area contributed by atoms with E-state index in [0.29, 0.717) is 19.1 Å². The number of nitrogens with zero attached hydrogens (tertiary/aromatic N) is 1. The first-order valence-corrected chi connectivity index (χ1v) is 6.46. The smallest absolute Gasteiger partial charge is 0.313 e. The number of nitrogens with one attached hydrogen (secondary N) is 1. The van der Waals surface area contributed by atoms with E-state index >= 15 is 0 Å². The summed E-state index contributed by atoms with van der Waals surface area (Å²) < 4.78 is 36.2. The van der Waals surface area contributed by atoms with Crippen molar-refractivity contribution in [2.45, 2.75) is 50.7 Å². The number of alkyl halides is 3. The Labute approximate surface area is 102 Å². The molecule has 1 aliphatic carbocycles. The molecule has 0 amide bonds. The molecular formula is C12H23F3N2. The van der Waals surface area contributed by atoms with Crippen LogP contribution in [0.3, 0.4) is 0 Å². The van der Waals surface area contributed by atoms with Gasteiger partial charge in [0, 0.05) is 19.1 Å². The molecule has 1 rings (SSSR count). The zero-order chi connectivity index (χ0) is 12.7. The molecular weight excluding hydrogens is 229 g/mol. The van der Waals surface area contributed by atoms with Gasteiger partial charge in [-0.05, 0) is 19.9 Å². The zero-order valence-electron chi connectivity index (χ0n) is 10.5. The summed E-state index contributed by atoms with van der Waals surface area (Å²) >= 11 is 0. The van der Waals surface area contributed by atoms with Crippen molar-refractivity contribution in [1.82, 2.24) is 10.2 Å². The van der Waals surface area contributed by atoms with Gasteiger partial charge in [-0.15, -0.1) is 0 Å². The average Bonchev–Trinajstić information content (AvgIpc) is 2.43. The lowest BCUT2D eigenvalue weighted by Gasteiger charge is -2.21. The Morgan fingerprint density at radius 3 is 2.24 bits per heavy atom. The summed E-state index contributed by atoms with van der Waals surface area (Å²) in [5.41, 5.74) is 0. The van der Waals surface area contributed by atoms with Gasteiger partial charge in [-0.3, -0.25) is 4.90 Å². The van der Waals surface area contributed by atoms with Gasteiger partial charge in [-0.2, -0.15) is 13.2 Å². The number of hydrogen-bond acceptors (Lipinski definition) is 2. The molecule has 5 heteroatoms. The quantitative estimate of drug-likeness (QED) is 0.757. The molecule has 0 aromatic carbocycles. The maximum Gasteiger partial charge on any atom is 0.401 e. The van der Waals surface area contributed by atoms with Crippen LogP contribution in [0, 0.1) is 0 Å². The molecule has 0 aromatic rings. The lowest BCUT2D eigenvalue weighted by Crippen LogP contribution is -2.39. The molecule has 17 heavy (non-hydrogen) atoms. The summed E-state index contributed by atoms with van der Waals surface area (Å²) in [5.74, 6) is 0. The number of rotatable bonds is 5. The summed E-state index contributed by atoms with van der Waals surface area (Å²) in [7, 11) is 1.52. The van der Waals surface area contributed by atoms with Gasteiger partial charge in [0.05, 0.1) is 6.54 Å². The van der Waals surface area contributed by atoms with Crippen LogP contribution in [0.5, 0.6) is 0 Å². The molecule has 0 aliphatic heterocycles. The molecule has 0 heterocycles. The van der Waals surface area contributed by atoms with E-state index in [4.69, 9.17) is 0 Å². The van der Waals surface area contributed by atoms with E-state index in [1.807, 2.05) is 0 Å². The standard InChI is InChI=1S/C12H23F3N2/c1-17(10-12(13,14)15)9-8-16-11-6-4-2-3-5-7-11/h11,16H,2-10H2,1H3. The second-order valence-corrected chi connectivity index (χ2v) is 5.00. The molecule has 0 unspecified atom stereocenters. The second-order valence-electron chi connectivity index (χ2n) is 5.00. The number of likely N-dealkylation sites (N-methyl/N-ethyl adjacent to an activating group) is 1. The van der Waals surface area contributed by atoms with Crippen LogP contribution in [0.2, 0.25) is 0 Å². The van der Waals surface area contributed by atoms with E-state index < -0.39 is 12.7 Å². The Balaban J connectivity index is 2.09. The molecule has 1 N–H and O–H groups in total. The van der Waals surface area contributed by atoms with Crippen molar-refractivity contribution < 1.29 is 13.2 Å². The number of hydrogen-bond donors (Lipinski definition) is 1. The first-order chi connectivity index (χ1) is 7.97. The minimum absolute atomic E-state index is 0.454. The van der Waals surface area contributed by atoms with Crippen LogP contribution in [0.15, 0.2) is 0 Å². The molecule has 0 spiro atoms. The first-order valence-electron chi connectivity index (χ1n) is 6.46. The fraction of sp³-hybridized carbons (Fsp3) is 1.00. The van der Waals surface area contributed by atoms with Crippen molar-refractivity contribution >= 4 is 0 Å². The van der Waals surface area contributed by atoms with E-state index in [-0.39, 0.29) is 0 Å². The van der Waals surface area contributed by atoms with Crippen molar-refractivity contribution in [2.75, 3.05) is 26.7 Å². The van der Waals surface area contributed by atoms with E-state index in [1.54, 1.807) is 0 Å². The highest BCUT2D eigenvalue weighted by atomic mass is 19.4. The Bertz CT molecular complexity index is 198. The summed E-state index contributed by atoms with van der Waals surface area (Å²) in [4.78, 5) is 1.32. The molecule has 0 radical (unpaired) electrons. The monoisotopic (exact) mass is 252 g/mol. The third kappa shape index (κ3) is 7.60. The third-order valence-corrected chi connectivity index (χ3v) is 3.23. The molecule has 0 aromatic heterocycles. The van der Waals surface area contributed by atoms with Crippen molar-refractivity contribution in [1.29, 1.82) is 0 Å². The highest BCUT2D eigenvalue weighted by Crippen LogP contribution is 2.17. The van der Waals surface area contributed by atoms with Crippen LogP contribution >= 0.6 is 0 Å². The van der Waals surface area contributed by atoms with Crippen LogP contribution in [0.25, 0.3) is 0 Å². The second kappa shape index (κ2) is 7.21. The fourth-order valence-electron chi connectivity index (χ4n) is 2.33. The lowest BCUT2D eigenvalue weighted by molar-refractivity contribution is -0.142. The van der Waals surface area contributed by atoms with Crippen molar-refractivity contribution in [3.8, 4) is 0 Å². The van der Waals surface area contributed by atoms with Crippen molar-refractivity contribution in [3.63, 3.8) is 0 Å². The molecule has 1 fully saturated rings. The summed E-state index contributed by atoms with van der Waals surface area (Å²) in [6.45, 7) is 0.284. The largest absolute Gasteiger partial charge is 0.401 e. The molecule has 0 atom stereocenters. The topological polar surface area (TPSA) is 15.3 Å². The lowest BCUT2D eigenvalue weighted by atomic mass is 10.1. The molecule has 2 nitrogen and oxygen atoms in total. The van der Waals surface area contributed by atoms with Gasteiger partial charge >= 0.3 is 6.18 Å². The van der Waals surface area contributed by atoms with Crippen molar-refractivity contribution in [2.24, 2.45) is 0 Å². The summed E-state index contributed by atoms with van der Waals surface area (Å²) in [6, 6.07) is 0.511. The summed E-state index contributed by atoms with van der Waals surface area (Å²) in [6.07, 6.45) is 3.34. The van der Waals surface area contributed by atoms with Crippen LogP contribution in [-0.2, 0) is 0 Å². The average molecular weight is 252 g/mol. The van der Waals surface area contributed by atoms with Crippen LogP contribution in [-0.4, -0.2) is 43.8 Å². The SMILES string of the molecule is CN(CCNC1CCCCCC1)CC(F)(F)F. The normalized spacial score (nSPS) is 19.6. The molecule has 0 bridgehead atoms. The van der Waals surface area contributed by atoms with Crippen LogP contribution in [0.4, 0.5) is 13.2 Å². The van der Waals surface area contributed by atoms with Gasteiger partial charge in [0.1, 0.15) is 0 Å². The maximum atomic E-state index is 12.1. The predicted molar refractivity (Wildman–Crippen MR) is 63.0 cm³/mol. The van der Waals surface area contributed by atoms with E-state index in [0.717, 1.165) is 0 Å². The molecule has 1 aliphatic rings. The fourth-order valence-corrected chi connectivity index (χ4v) is 2.33. The van der Waals surface area contributed by atoms with Gasteiger partial charge in [-0.25, -0.2) is 0 Å². The van der Waals surface area contributed by atoms with Gasteiger partial charge in [-0.1, -0.05) is 25.7 Å². The van der Waals surface area contributed by atoms with Gasteiger partial charge < -0.3 is 5.32 Å². The van der Waals surface area contributed by atoms with Crippen molar-refractivity contribution in [3.05, 3.63) is 0 Å². The highest BCUT2D eigenvalue weighted by Gasteiger charge is 2.28. The third-order valence-electron chi connectivity index (χ3n) is 3.23. The number of halogens is 3. The highest BCUT2D eigenvalue weighted by molar-refractivity contribution is 4.71. The Morgan fingerprint density at radius 1 is 1.12 bits per heavy atom. The Kier molecular flexibility index (Phi) is 6.27. The Morgan fingerprint density at radius 2 is 1.71 bits per heavy atom. The van der Waals surface area contributed by atoms with Gasteiger partial charge in [0.2, 0.25) is 0 Å². The van der Waals surface area contributed by atoms with E-state index in [1.165, 1.54) is 50.5 Å². The van der Waals surface area contributed by atoms with Gasteiger partial charge in [0.25, 0.3) is 0 Å². The zero-order valence-corrected chi connectivity index (χ0v) is 10.5. The molecule has 1 saturated carbocycles. The Hall–Kier alpha value is -0.290. The van der Waals surface area contributed by atoms with E-state index in [9.17, 15) is 13.2 Å². The maximum absolute atomic E-state index is 12.1. The summed E-state index contributed by atoms with van der Waals surface area (Å²) in [5, 5.41) is 3.37.